The van der Waals surface area contributed by atoms with Crippen molar-refractivity contribution in [2.45, 2.75) is 6.18 Å². The molecule has 19 heavy (non-hydrogen) atoms. The molecule has 1 aromatic carbocycles. The summed E-state index contributed by atoms with van der Waals surface area (Å²) in [5, 5.41) is -0.554. The maximum atomic E-state index is 12.6. The number of rotatable bonds is 2. The molecule has 3 nitrogen and oxygen atoms in total. The summed E-state index contributed by atoms with van der Waals surface area (Å²) in [4.78, 5) is 14.7. The van der Waals surface area contributed by atoms with Crippen LogP contribution in [0.25, 0.3) is 10.9 Å². The van der Waals surface area contributed by atoms with E-state index >= 15 is 0 Å². The molecule has 0 N–H and O–H groups in total. The van der Waals surface area contributed by atoms with E-state index in [9.17, 15) is 18.0 Å². The van der Waals surface area contributed by atoms with Gasteiger partial charge in [0.25, 0.3) is 5.24 Å². The molecule has 0 amide bonds. The Morgan fingerprint density at radius 1 is 1.26 bits per heavy atom. The van der Waals surface area contributed by atoms with E-state index in [4.69, 9.17) is 16.3 Å². The third-order valence-corrected chi connectivity index (χ3v) is 2.75. The first-order chi connectivity index (χ1) is 8.84. The summed E-state index contributed by atoms with van der Waals surface area (Å²) in [5.74, 6) is 0.141. The summed E-state index contributed by atoms with van der Waals surface area (Å²) in [6, 6.07) is 4.69. The molecule has 0 saturated heterocycles. The fourth-order valence-electron chi connectivity index (χ4n) is 1.69. The van der Waals surface area contributed by atoms with Gasteiger partial charge in [0.1, 0.15) is 17.0 Å². The first-order valence-electron chi connectivity index (χ1n) is 5.09. The number of nitrogens with zero attached hydrogens (tertiary/aromatic N) is 1. The lowest BCUT2D eigenvalue weighted by Crippen LogP contribution is -2.08. The lowest BCUT2D eigenvalue weighted by atomic mass is 10.1. The number of aromatic nitrogens is 1. The van der Waals surface area contributed by atoms with Crippen molar-refractivity contribution in [3.8, 4) is 5.75 Å². The molecule has 0 atom stereocenters. The first kappa shape index (κ1) is 13.6. The van der Waals surface area contributed by atoms with Gasteiger partial charge < -0.3 is 4.74 Å². The number of hydrogen-bond acceptors (Lipinski definition) is 3. The van der Waals surface area contributed by atoms with Crippen LogP contribution in [0.2, 0.25) is 0 Å². The second kappa shape index (κ2) is 4.70. The molecule has 0 aliphatic rings. The molecular formula is C12H7ClF3NO2. The van der Waals surface area contributed by atoms with Crippen molar-refractivity contribution in [3.63, 3.8) is 0 Å². The molecule has 100 valence electrons. The number of carbonyl (C=O) groups is 1. The molecule has 0 bridgehead atoms. The van der Waals surface area contributed by atoms with Crippen LogP contribution in [0.3, 0.4) is 0 Å². The second-order valence-corrected chi connectivity index (χ2v) is 4.02. The average molecular weight is 290 g/mol. The molecule has 0 saturated carbocycles. The standard InChI is InChI=1S/C12H7ClF3NO2/c1-19-8-4-2-7(11(13)18)6-3-5-9(12(14,15)16)17-10(6)8/h2-5H,1H3. The van der Waals surface area contributed by atoms with Gasteiger partial charge in [0.05, 0.1) is 7.11 Å². The van der Waals surface area contributed by atoms with Crippen molar-refractivity contribution in [2.24, 2.45) is 0 Å². The lowest BCUT2D eigenvalue weighted by molar-refractivity contribution is -0.140. The van der Waals surface area contributed by atoms with Gasteiger partial charge in [0.2, 0.25) is 0 Å². The maximum absolute atomic E-state index is 12.6. The van der Waals surface area contributed by atoms with Gasteiger partial charge in [-0.15, -0.1) is 0 Å². The van der Waals surface area contributed by atoms with E-state index in [0.29, 0.717) is 0 Å². The number of halogens is 4. The third kappa shape index (κ3) is 2.49. The summed E-state index contributed by atoms with van der Waals surface area (Å²) < 4.78 is 42.8. The van der Waals surface area contributed by atoms with E-state index < -0.39 is 17.1 Å². The van der Waals surface area contributed by atoms with Crippen molar-refractivity contribution in [3.05, 3.63) is 35.5 Å². The van der Waals surface area contributed by atoms with Crippen molar-refractivity contribution in [2.75, 3.05) is 7.11 Å². The Labute approximate surface area is 111 Å². The van der Waals surface area contributed by atoms with Gasteiger partial charge >= 0.3 is 6.18 Å². The van der Waals surface area contributed by atoms with Gasteiger partial charge in [-0.25, -0.2) is 4.98 Å². The predicted molar refractivity (Wildman–Crippen MR) is 63.5 cm³/mol. The highest BCUT2D eigenvalue weighted by molar-refractivity contribution is 6.68. The number of benzene rings is 1. The Bertz CT molecular complexity index is 655. The van der Waals surface area contributed by atoms with E-state index in [1.165, 1.54) is 19.2 Å². The minimum atomic E-state index is -4.57. The summed E-state index contributed by atoms with van der Waals surface area (Å²) in [6.45, 7) is 0. The number of hydrogen-bond donors (Lipinski definition) is 0. The molecule has 2 rings (SSSR count). The van der Waals surface area contributed by atoms with Crippen LogP contribution in [0.15, 0.2) is 24.3 Å². The van der Waals surface area contributed by atoms with Crippen LogP contribution in [0.5, 0.6) is 5.75 Å². The topological polar surface area (TPSA) is 39.2 Å². The number of fused-ring (bicyclic) bond motifs is 1. The van der Waals surface area contributed by atoms with Crippen molar-refractivity contribution >= 4 is 27.7 Å². The molecule has 1 aromatic heterocycles. The fourth-order valence-corrected chi connectivity index (χ4v) is 1.85. The zero-order chi connectivity index (χ0) is 14.2. The molecule has 2 aromatic rings. The van der Waals surface area contributed by atoms with Crippen LogP contribution in [0, 0.1) is 0 Å². The highest BCUT2D eigenvalue weighted by Crippen LogP contribution is 2.33. The Hall–Kier alpha value is -1.82. The first-order valence-corrected chi connectivity index (χ1v) is 5.47. The molecule has 0 aliphatic carbocycles. The van der Waals surface area contributed by atoms with E-state index in [0.717, 1.165) is 12.1 Å². The minimum Gasteiger partial charge on any atom is -0.494 e. The normalized spacial score (nSPS) is 11.6. The summed E-state index contributed by atoms with van der Waals surface area (Å²) in [5.41, 5.74) is -1.03. The Morgan fingerprint density at radius 2 is 1.95 bits per heavy atom. The van der Waals surface area contributed by atoms with Crippen LogP contribution in [0.1, 0.15) is 16.1 Å². The minimum absolute atomic E-state index is 0.0520. The van der Waals surface area contributed by atoms with E-state index in [1.807, 2.05) is 0 Å². The van der Waals surface area contributed by atoms with Crippen LogP contribution < -0.4 is 4.74 Å². The Balaban J connectivity index is 2.80. The molecule has 7 heteroatoms. The van der Waals surface area contributed by atoms with Gasteiger partial charge in [0, 0.05) is 10.9 Å². The summed E-state index contributed by atoms with van der Waals surface area (Å²) >= 11 is 5.38. The molecule has 0 fully saturated rings. The van der Waals surface area contributed by atoms with Crippen LogP contribution in [-0.2, 0) is 6.18 Å². The highest BCUT2D eigenvalue weighted by Gasteiger charge is 2.33. The molecule has 0 spiro atoms. The average Bonchev–Trinajstić information content (AvgIpc) is 2.35. The number of methoxy groups -OCH3 is 1. The van der Waals surface area contributed by atoms with Crippen LogP contribution in [-0.4, -0.2) is 17.3 Å². The number of carbonyl (C=O) groups excluding carboxylic acids is 1. The Morgan fingerprint density at radius 3 is 2.47 bits per heavy atom. The Kier molecular flexibility index (Phi) is 3.36. The monoisotopic (exact) mass is 289 g/mol. The molecular weight excluding hydrogens is 283 g/mol. The van der Waals surface area contributed by atoms with Crippen molar-refractivity contribution in [1.82, 2.24) is 4.98 Å². The van der Waals surface area contributed by atoms with Crippen molar-refractivity contribution < 1.29 is 22.7 Å². The van der Waals surface area contributed by atoms with Gasteiger partial charge in [-0.1, -0.05) is 0 Å². The highest BCUT2D eigenvalue weighted by atomic mass is 35.5. The quantitative estimate of drug-likeness (QED) is 0.792. The largest absolute Gasteiger partial charge is 0.494 e. The van der Waals surface area contributed by atoms with E-state index in [-0.39, 0.29) is 22.2 Å². The number of ether oxygens (including phenoxy) is 1. The lowest BCUT2D eigenvalue weighted by Gasteiger charge is -2.10. The van der Waals surface area contributed by atoms with Crippen LogP contribution in [0.4, 0.5) is 13.2 Å². The number of pyridine rings is 1. The van der Waals surface area contributed by atoms with Gasteiger partial charge in [-0.05, 0) is 35.9 Å². The zero-order valence-electron chi connectivity index (χ0n) is 9.58. The SMILES string of the molecule is COc1ccc(C(=O)Cl)c2ccc(C(F)(F)F)nc12. The number of alkyl halides is 3. The fraction of sp³-hybridized carbons (Fsp3) is 0.167. The van der Waals surface area contributed by atoms with Gasteiger partial charge in [-0.3, -0.25) is 4.79 Å². The smallest absolute Gasteiger partial charge is 0.433 e. The summed E-state index contributed by atoms with van der Waals surface area (Å²) in [6.07, 6.45) is -4.57. The maximum Gasteiger partial charge on any atom is 0.433 e. The molecule has 0 unspecified atom stereocenters. The van der Waals surface area contributed by atoms with Crippen LogP contribution >= 0.6 is 11.6 Å². The second-order valence-electron chi connectivity index (χ2n) is 3.68. The van der Waals surface area contributed by atoms with Crippen molar-refractivity contribution in [1.29, 1.82) is 0 Å². The van der Waals surface area contributed by atoms with E-state index in [2.05, 4.69) is 4.98 Å². The summed E-state index contributed by atoms with van der Waals surface area (Å²) in [7, 11) is 1.30. The molecule has 1 heterocycles. The zero-order valence-corrected chi connectivity index (χ0v) is 10.3. The predicted octanol–water partition coefficient (Wildman–Crippen LogP) is 3.64. The third-order valence-electron chi connectivity index (χ3n) is 2.54. The van der Waals surface area contributed by atoms with E-state index in [1.54, 1.807) is 0 Å². The molecule has 0 aliphatic heterocycles. The molecule has 0 radical (unpaired) electrons. The van der Waals surface area contributed by atoms with Gasteiger partial charge in [0.15, 0.2) is 0 Å². The van der Waals surface area contributed by atoms with Gasteiger partial charge in [-0.2, -0.15) is 13.2 Å².